The van der Waals surface area contributed by atoms with Gasteiger partial charge >= 0.3 is 0 Å². The molecule has 0 radical (unpaired) electrons. The number of benzene rings is 1. The van der Waals surface area contributed by atoms with Crippen LogP contribution in [0, 0.1) is 5.92 Å². The van der Waals surface area contributed by atoms with Crippen LogP contribution in [0.2, 0.25) is 0 Å². The molecule has 2 N–H and O–H groups in total. The Labute approximate surface area is 127 Å². The van der Waals surface area contributed by atoms with Crippen molar-refractivity contribution in [3.8, 4) is 5.75 Å². The summed E-state index contributed by atoms with van der Waals surface area (Å²) >= 11 is 0. The van der Waals surface area contributed by atoms with Crippen molar-refractivity contribution >= 4 is 5.91 Å². The zero-order valence-corrected chi connectivity index (χ0v) is 13.0. The summed E-state index contributed by atoms with van der Waals surface area (Å²) in [6.07, 6.45) is 2.38. The van der Waals surface area contributed by atoms with Gasteiger partial charge in [0.25, 0.3) is 5.91 Å². The lowest BCUT2D eigenvalue weighted by molar-refractivity contribution is -0.123. The fourth-order valence-electron chi connectivity index (χ4n) is 2.52. The number of rotatable bonds is 6. The van der Waals surface area contributed by atoms with E-state index in [9.17, 15) is 4.79 Å². The first-order chi connectivity index (χ1) is 10.1. The quantitative estimate of drug-likeness (QED) is 0.845. The molecule has 1 aromatic rings. The molecule has 1 aliphatic heterocycles. The van der Waals surface area contributed by atoms with Gasteiger partial charge in [-0.2, -0.15) is 0 Å². The molecular weight excluding hydrogens is 264 g/mol. The van der Waals surface area contributed by atoms with E-state index in [4.69, 9.17) is 4.74 Å². The van der Waals surface area contributed by atoms with E-state index >= 15 is 0 Å². The maximum Gasteiger partial charge on any atom is 0.257 e. The van der Waals surface area contributed by atoms with Crippen molar-refractivity contribution in [2.75, 3.05) is 26.2 Å². The summed E-state index contributed by atoms with van der Waals surface area (Å²) in [5.74, 6) is 1.72. The predicted molar refractivity (Wildman–Crippen MR) is 84.6 cm³/mol. The Morgan fingerprint density at radius 3 is 3.05 bits per heavy atom. The molecule has 4 heteroatoms. The standard InChI is InChI=1S/C17H26N2O2/c1-13(2)15-6-3-7-16(9-15)21-12-17(20)19-11-14-5-4-8-18-10-14/h3,6-7,9,13-14,18H,4-5,8,10-12H2,1-2H3,(H,19,20). The first-order valence-corrected chi connectivity index (χ1v) is 7.85. The average molecular weight is 290 g/mol. The molecule has 1 aliphatic rings. The summed E-state index contributed by atoms with van der Waals surface area (Å²) in [6.45, 7) is 7.20. The van der Waals surface area contributed by atoms with Crippen molar-refractivity contribution in [2.45, 2.75) is 32.6 Å². The number of hydrogen-bond acceptors (Lipinski definition) is 3. The lowest BCUT2D eigenvalue weighted by Gasteiger charge is -2.22. The molecule has 4 nitrogen and oxygen atoms in total. The molecule has 1 amide bonds. The molecule has 0 aromatic heterocycles. The third-order valence-electron chi connectivity index (χ3n) is 3.88. The molecule has 0 aliphatic carbocycles. The van der Waals surface area contributed by atoms with Crippen LogP contribution in [0.15, 0.2) is 24.3 Å². The maximum absolute atomic E-state index is 11.8. The molecule has 1 aromatic carbocycles. The summed E-state index contributed by atoms with van der Waals surface area (Å²) in [5, 5.41) is 6.31. The van der Waals surface area contributed by atoms with E-state index in [2.05, 4.69) is 30.5 Å². The van der Waals surface area contributed by atoms with E-state index in [0.717, 1.165) is 25.4 Å². The van der Waals surface area contributed by atoms with Crippen molar-refractivity contribution in [2.24, 2.45) is 5.92 Å². The van der Waals surface area contributed by atoms with Gasteiger partial charge in [-0.25, -0.2) is 0 Å². The maximum atomic E-state index is 11.8. The molecule has 21 heavy (non-hydrogen) atoms. The van der Waals surface area contributed by atoms with Gasteiger partial charge in [0.2, 0.25) is 0 Å². The van der Waals surface area contributed by atoms with Gasteiger partial charge in [-0.3, -0.25) is 4.79 Å². The van der Waals surface area contributed by atoms with Crippen LogP contribution >= 0.6 is 0 Å². The van der Waals surface area contributed by atoms with Crippen LogP contribution in [0.3, 0.4) is 0 Å². The molecule has 0 spiro atoms. The van der Waals surface area contributed by atoms with E-state index in [-0.39, 0.29) is 12.5 Å². The van der Waals surface area contributed by atoms with Crippen molar-refractivity contribution in [1.29, 1.82) is 0 Å². The van der Waals surface area contributed by atoms with Crippen LogP contribution in [0.25, 0.3) is 0 Å². The minimum absolute atomic E-state index is 0.0458. The SMILES string of the molecule is CC(C)c1cccc(OCC(=O)NCC2CCCNC2)c1. The second-order valence-corrected chi connectivity index (χ2v) is 6.03. The Morgan fingerprint density at radius 1 is 1.48 bits per heavy atom. The number of piperidine rings is 1. The molecule has 0 saturated carbocycles. The fourth-order valence-corrected chi connectivity index (χ4v) is 2.52. The number of hydrogen-bond donors (Lipinski definition) is 2. The highest BCUT2D eigenvalue weighted by Crippen LogP contribution is 2.19. The molecule has 1 unspecified atom stereocenters. The van der Waals surface area contributed by atoms with Crippen molar-refractivity contribution in [3.63, 3.8) is 0 Å². The van der Waals surface area contributed by atoms with Gasteiger partial charge in [-0.15, -0.1) is 0 Å². The highest BCUT2D eigenvalue weighted by molar-refractivity contribution is 5.77. The van der Waals surface area contributed by atoms with Crippen molar-refractivity contribution in [3.05, 3.63) is 29.8 Å². The second kappa shape index (κ2) is 8.03. The van der Waals surface area contributed by atoms with E-state index < -0.39 is 0 Å². The Balaban J connectivity index is 1.72. The monoisotopic (exact) mass is 290 g/mol. The number of nitrogens with one attached hydrogen (secondary N) is 2. The van der Waals surface area contributed by atoms with Crippen LogP contribution < -0.4 is 15.4 Å². The van der Waals surface area contributed by atoms with E-state index in [1.165, 1.54) is 18.4 Å². The first kappa shape index (κ1) is 15.8. The molecule has 1 saturated heterocycles. The second-order valence-electron chi connectivity index (χ2n) is 6.03. The van der Waals surface area contributed by atoms with E-state index in [1.54, 1.807) is 0 Å². The van der Waals surface area contributed by atoms with Gasteiger partial charge in [0.15, 0.2) is 6.61 Å². The van der Waals surface area contributed by atoms with E-state index in [0.29, 0.717) is 11.8 Å². The average Bonchev–Trinajstić information content (AvgIpc) is 2.52. The van der Waals surface area contributed by atoms with Crippen molar-refractivity contribution < 1.29 is 9.53 Å². The van der Waals surface area contributed by atoms with Gasteiger partial charge in [0.1, 0.15) is 5.75 Å². The third kappa shape index (κ3) is 5.38. The largest absolute Gasteiger partial charge is 0.484 e. The summed E-state index contributed by atoms with van der Waals surface area (Å²) in [6, 6.07) is 7.94. The topological polar surface area (TPSA) is 50.4 Å². The zero-order chi connectivity index (χ0) is 15.1. The number of carbonyl (C=O) groups is 1. The zero-order valence-electron chi connectivity index (χ0n) is 13.0. The summed E-state index contributed by atoms with van der Waals surface area (Å²) < 4.78 is 5.57. The molecule has 2 rings (SSSR count). The van der Waals surface area contributed by atoms with Crippen LogP contribution in [0.1, 0.15) is 38.2 Å². The van der Waals surface area contributed by atoms with Gasteiger partial charge in [-0.1, -0.05) is 26.0 Å². The Kier molecular flexibility index (Phi) is 6.05. The summed E-state index contributed by atoms with van der Waals surface area (Å²) in [5.41, 5.74) is 1.22. The van der Waals surface area contributed by atoms with Gasteiger partial charge in [-0.05, 0) is 55.5 Å². The molecule has 1 fully saturated rings. The van der Waals surface area contributed by atoms with Crippen LogP contribution in [0.4, 0.5) is 0 Å². The fraction of sp³-hybridized carbons (Fsp3) is 0.588. The van der Waals surface area contributed by atoms with Gasteiger partial charge in [0, 0.05) is 6.54 Å². The van der Waals surface area contributed by atoms with Gasteiger partial charge < -0.3 is 15.4 Å². The number of amides is 1. The Morgan fingerprint density at radius 2 is 2.33 bits per heavy atom. The summed E-state index contributed by atoms with van der Waals surface area (Å²) in [7, 11) is 0. The molecule has 116 valence electrons. The molecular formula is C17H26N2O2. The van der Waals surface area contributed by atoms with Crippen LogP contribution in [0.5, 0.6) is 5.75 Å². The van der Waals surface area contributed by atoms with Gasteiger partial charge in [0.05, 0.1) is 0 Å². The molecule has 1 heterocycles. The Bertz CT molecular complexity index is 454. The molecule has 1 atom stereocenters. The minimum Gasteiger partial charge on any atom is -0.484 e. The Hall–Kier alpha value is -1.55. The number of ether oxygens (including phenoxy) is 1. The van der Waals surface area contributed by atoms with Crippen molar-refractivity contribution in [1.82, 2.24) is 10.6 Å². The summed E-state index contributed by atoms with van der Waals surface area (Å²) in [4.78, 5) is 11.8. The minimum atomic E-state index is -0.0458. The van der Waals surface area contributed by atoms with Crippen LogP contribution in [-0.4, -0.2) is 32.1 Å². The predicted octanol–water partition coefficient (Wildman–Crippen LogP) is 2.30. The van der Waals surface area contributed by atoms with Crippen LogP contribution in [-0.2, 0) is 4.79 Å². The van der Waals surface area contributed by atoms with E-state index in [1.807, 2.05) is 18.2 Å². The highest BCUT2D eigenvalue weighted by atomic mass is 16.5. The lowest BCUT2D eigenvalue weighted by Crippen LogP contribution is -2.39. The smallest absolute Gasteiger partial charge is 0.257 e. The first-order valence-electron chi connectivity index (χ1n) is 7.85. The lowest BCUT2D eigenvalue weighted by atomic mass is 10.00. The number of carbonyl (C=O) groups excluding carboxylic acids is 1. The third-order valence-corrected chi connectivity index (χ3v) is 3.88. The normalized spacial score (nSPS) is 18.5. The highest BCUT2D eigenvalue weighted by Gasteiger charge is 2.14. The molecule has 0 bridgehead atoms.